The number of ether oxygens (including phenoxy) is 1. The van der Waals surface area contributed by atoms with Crippen molar-refractivity contribution in [1.82, 2.24) is 9.88 Å². The van der Waals surface area contributed by atoms with Crippen LogP contribution >= 0.6 is 0 Å². The molecule has 0 spiro atoms. The number of nitrogens with one attached hydrogen (secondary N) is 1. The van der Waals surface area contributed by atoms with Gasteiger partial charge in [0.05, 0.1) is 24.2 Å². The molecule has 2 heterocycles. The molecule has 1 aromatic carbocycles. The van der Waals surface area contributed by atoms with Crippen molar-refractivity contribution in [1.29, 1.82) is 0 Å². The summed E-state index contributed by atoms with van der Waals surface area (Å²) in [7, 11) is 1.88. The van der Waals surface area contributed by atoms with Gasteiger partial charge in [-0.3, -0.25) is 9.88 Å². The van der Waals surface area contributed by atoms with Gasteiger partial charge in [-0.05, 0) is 29.8 Å². The lowest BCUT2D eigenvalue weighted by atomic mass is 10.1. The van der Waals surface area contributed by atoms with Gasteiger partial charge < -0.3 is 15.2 Å². The fourth-order valence-electron chi connectivity index (χ4n) is 2.63. The fourth-order valence-corrected chi connectivity index (χ4v) is 2.63. The lowest BCUT2D eigenvalue weighted by Gasteiger charge is -2.32. The van der Waals surface area contributed by atoms with Crippen molar-refractivity contribution in [2.24, 2.45) is 0 Å². The molecular formula is C17H21N3O2. The van der Waals surface area contributed by atoms with Gasteiger partial charge in [0.2, 0.25) is 0 Å². The second kappa shape index (κ2) is 6.77. The molecule has 2 N–H and O–H groups in total. The Balaban J connectivity index is 1.64. The van der Waals surface area contributed by atoms with E-state index < -0.39 is 0 Å². The van der Waals surface area contributed by atoms with Gasteiger partial charge in [-0.1, -0.05) is 12.1 Å². The van der Waals surface area contributed by atoms with Gasteiger partial charge in [-0.15, -0.1) is 0 Å². The Morgan fingerprint density at radius 3 is 2.77 bits per heavy atom. The van der Waals surface area contributed by atoms with E-state index in [0.717, 1.165) is 31.0 Å². The van der Waals surface area contributed by atoms with E-state index in [4.69, 9.17) is 4.74 Å². The predicted molar refractivity (Wildman–Crippen MR) is 85.9 cm³/mol. The highest BCUT2D eigenvalue weighted by atomic mass is 16.5. The van der Waals surface area contributed by atoms with Crippen LogP contribution in [0.1, 0.15) is 17.4 Å². The van der Waals surface area contributed by atoms with Crippen LogP contribution in [-0.4, -0.2) is 41.7 Å². The first kappa shape index (κ1) is 14.8. The Hall–Kier alpha value is -2.11. The number of phenols is 1. The molecule has 0 aliphatic carbocycles. The Morgan fingerprint density at radius 1 is 1.27 bits per heavy atom. The van der Waals surface area contributed by atoms with Crippen molar-refractivity contribution in [2.75, 3.05) is 32.1 Å². The summed E-state index contributed by atoms with van der Waals surface area (Å²) >= 11 is 0. The van der Waals surface area contributed by atoms with Crippen molar-refractivity contribution in [2.45, 2.75) is 12.6 Å². The van der Waals surface area contributed by atoms with Crippen LogP contribution < -0.4 is 5.32 Å². The first-order valence-electron chi connectivity index (χ1n) is 7.50. The zero-order chi connectivity index (χ0) is 15.4. The minimum atomic E-state index is 0.0109. The quantitative estimate of drug-likeness (QED) is 0.908. The molecule has 0 radical (unpaired) electrons. The lowest BCUT2D eigenvalue weighted by Crippen LogP contribution is -2.38. The summed E-state index contributed by atoms with van der Waals surface area (Å²) in [5, 5.41) is 12.4. The molecule has 3 rings (SSSR count). The van der Waals surface area contributed by atoms with Gasteiger partial charge in [0, 0.05) is 26.7 Å². The van der Waals surface area contributed by atoms with Crippen molar-refractivity contribution < 1.29 is 9.84 Å². The number of aromatic nitrogens is 1. The first-order chi connectivity index (χ1) is 10.7. The standard InChI is InChI=1S/C17H21N3O2/c1-18-14-4-7-16(19-10-14)17-12-20(8-9-22-17)11-13-2-5-15(21)6-3-13/h2-7,10,17-18,21H,8-9,11-12H2,1H3/t17-/m1/s1. The predicted octanol–water partition coefficient (Wildman–Crippen LogP) is 2.40. The van der Waals surface area contributed by atoms with Crippen LogP contribution in [0.5, 0.6) is 5.75 Å². The van der Waals surface area contributed by atoms with Gasteiger partial charge in [0.15, 0.2) is 0 Å². The summed E-state index contributed by atoms with van der Waals surface area (Å²) < 4.78 is 5.86. The highest BCUT2D eigenvalue weighted by molar-refractivity contribution is 5.40. The van der Waals surface area contributed by atoms with E-state index >= 15 is 0 Å². The van der Waals surface area contributed by atoms with Crippen molar-refractivity contribution in [3.8, 4) is 5.75 Å². The molecule has 22 heavy (non-hydrogen) atoms. The van der Waals surface area contributed by atoms with Crippen LogP contribution in [0.3, 0.4) is 0 Å². The third kappa shape index (κ3) is 3.55. The molecule has 1 aromatic heterocycles. The second-order valence-corrected chi connectivity index (χ2v) is 5.48. The Kier molecular flexibility index (Phi) is 4.56. The van der Waals surface area contributed by atoms with Crippen molar-refractivity contribution in [3.05, 3.63) is 53.9 Å². The number of hydrogen-bond donors (Lipinski definition) is 2. The maximum absolute atomic E-state index is 9.35. The summed E-state index contributed by atoms with van der Waals surface area (Å²) in [4.78, 5) is 6.83. The van der Waals surface area contributed by atoms with E-state index in [1.54, 1.807) is 12.1 Å². The molecule has 1 saturated heterocycles. The van der Waals surface area contributed by atoms with E-state index in [0.29, 0.717) is 12.4 Å². The van der Waals surface area contributed by atoms with E-state index in [-0.39, 0.29) is 6.10 Å². The van der Waals surface area contributed by atoms with Crippen LogP contribution in [-0.2, 0) is 11.3 Å². The Bertz CT molecular complexity index is 598. The molecule has 0 amide bonds. The minimum absolute atomic E-state index is 0.0109. The number of benzene rings is 1. The second-order valence-electron chi connectivity index (χ2n) is 5.48. The number of aromatic hydroxyl groups is 1. The number of nitrogens with zero attached hydrogens (tertiary/aromatic N) is 2. The molecule has 1 aliphatic heterocycles. The molecule has 5 nitrogen and oxygen atoms in total. The number of morpholine rings is 1. The molecule has 5 heteroatoms. The summed E-state index contributed by atoms with van der Waals surface area (Å²) in [5.41, 5.74) is 3.16. The molecular weight excluding hydrogens is 278 g/mol. The number of phenolic OH excluding ortho intramolecular Hbond substituents is 1. The zero-order valence-corrected chi connectivity index (χ0v) is 12.7. The third-order valence-electron chi connectivity index (χ3n) is 3.90. The third-order valence-corrected chi connectivity index (χ3v) is 3.90. The normalized spacial score (nSPS) is 19.0. The lowest BCUT2D eigenvalue weighted by molar-refractivity contribution is -0.0349. The highest BCUT2D eigenvalue weighted by Gasteiger charge is 2.22. The average molecular weight is 299 g/mol. The molecule has 1 aliphatic rings. The van der Waals surface area contributed by atoms with Gasteiger partial charge in [-0.25, -0.2) is 0 Å². The molecule has 0 bridgehead atoms. The van der Waals surface area contributed by atoms with Crippen LogP contribution in [0.2, 0.25) is 0 Å². The molecule has 1 atom stereocenters. The van der Waals surface area contributed by atoms with E-state index in [1.807, 2.05) is 37.5 Å². The van der Waals surface area contributed by atoms with E-state index in [1.165, 1.54) is 5.56 Å². The number of pyridine rings is 1. The largest absolute Gasteiger partial charge is 0.508 e. The topological polar surface area (TPSA) is 57.6 Å². The highest BCUT2D eigenvalue weighted by Crippen LogP contribution is 2.23. The molecule has 116 valence electrons. The molecule has 2 aromatic rings. The maximum atomic E-state index is 9.35. The van der Waals surface area contributed by atoms with Crippen LogP contribution in [0.4, 0.5) is 5.69 Å². The fraction of sp³-hybridized carbons (Fsp3) is 0.353. The van der Waals surface area contributed by atoms with E-state index in [9.17, 15) is 5.11 Å². The summed E-state index contributed by atoms with van der Waals surface area (Å²) in [6, 6.07) is 11.4. The number of rotatable bonds is 4. The maximum Gasteiger partial charge on any atom is 0.115 e. The first-order valence-corrected chi connectivity index (χ1v) is 7.50. The Morgan fingerprint density at radius 2 is 2.09 bits per heavy atom. The number of anilines is 1. The van der Waals surface area contributed by atoms with Crippen molar-refractivity contribution >= 4 is 5.69 Å². The van der Waals surface area contributed by atoms with Crippen LogP contribution in [0.15, 0.2) is 42.6 Å². The van der Waals surface area contributed by atoms with Gasteiger partial charge in [-0.2, -0.15) is 0 Å². The summed E-state index contributed by atoms with van der Waals surface area (Å²) in [6.45, 7) is 3.30. The summed E-state index contributed by atoms with van der Waals surface area (Å²) in [5.74, 6) is 0.303. The van der Waals surface area contributed by atoms with Crippen LogP contribution in [0.25, 0.3) is 0 Å². The molecule has 0 unspecified atom stereocenters. The zero-order valence-electron chi connectivity index (χ0n) is 12.7. The summed E-state index contributed by atoms with van der Waals surface area (Å²) in [6.07, 6.45) is 1.84. The van der Waals surface area contributed by atoms with Gasteiger partial charge >= 0.3 is 0 Å². The minimum Gasteiger partial charge on any atom is -0.508 e. The number of hydrogen-bond acceptors (Lipinski definition) is 5. The average Bonchev–Trinajstić information content (AvgIpc) is 2.57. The van der Waals surface area contributed by atoms with Crippen molar-refractivity contribution in [3.63, 3.8) is 0 Å². The molecule has 1 fully saturated rings. The SMILES string of the molecule is CNc1ccc([C@H]2CN(Cc3ccc(O)cc3)CCO2)nc1. The van der Waals surface area contributed by atoms with Gasteiger partial charge in [0.25, 0.3) is 0 Å². The smallest absolute Gasteiger partial charge is 0.115 e. The monoisotopic (exact) mass is 299 g/mol. The van der Waals surface area contributed by atoms with Gasteiger partial charge in [0.1, 0.15) is 11.9 Å². The Labute approximate surface area is 130 Å². The van der Waals surface area contributed by atoms with E-state index in [2.05, 4.69) is 15.2 Å². The van der Waals surface area contributed by atoms with Crippen LogP contribution in [0, 0.1) is 0 Å². The molecule has 0 saturated carbocycles.